The number of amides is 1. The molecule has 1 N–H and O–H groups in total. The fraction of sp³-hybridized carbons (Fsp3) is 0.286. The molecule has 2 rings (SSSR count). The molecule has 1 unspecified atom stereocenters. The van der Waals surface area contributed by atoms with Gasteiger partial charge in [0.1, 0.15) is 0 Å². The Balaban J connectivity index is 1.93. The predicted octanol–water partition coefficient (Wildman–Crippen LogP) is 2.78. The number of imidazole rings is 1. The maximum Gasteiger partial charge on any atom is 0.226 e. The van der Waals surface area contributed by atoms with Crippen LogP contribution in [0.2, 0.25) is 0 Å². The summed E-state index contributed by atoms with van der Waals surface area (Å²) >= 11 is 0. The van der Waals surface area contributed by atoms with Crippen molar-refractivity contribution in [3.63, 3.8) is 0 Å². The van der Waals surface area contributed by atoms with Crippen molar-refractivity contribution in [2.45, 2.75) is 26.3 Å². The molecule has 2 aromatic rings. The summed E-state index contributed by atoms with van der Waals surface area (Å²) in [5, 5.41) is 2.90. The highest BCUT2D eigenvalue weighted by molar-refractivity contribution is 5.91. The van der Waals surface area contributed by atoms with E-state index in [9.17, 15) is 4.79 Å². The number of aryl methyl sites for hydroxylation is 1. The topological polar surface area (TPSA) is 46.9 Å². The molecule has 0 bridgehead atoms. The third-order valence-corrected chi connectivity index (χ3v) is 2.82. The Hall–Kier alpha value is -2.10. The highest BCUT2D eigenvalue weighted by atomic mass is 16.1. The number of carbonyl (C=O) groups excluding carboxylic acids is 1. The van der Waals surface area contributed by atoms with Gasteiger partial charge in [0.05, 0.1) is 6.33 Å². The van der Waals surface area contributed by atoms with Gasteiger partial charge in [-0.15, -0.1) is 0 Å². The minimum absolute atomic E-state index is 0.0156. The van der Waals surface area contributed by atoms with E-state index < -0.39 is 0 Å². The predicted molar refractivity (Wildman–Crippen MR) is 71.4 cm³/mol. The second-order valence-corrected chi connectivity index (χ2v) is 4.48. The highest BCUT2D eigenvalue weighted by Gasteiger charge is 2.10. The standard InChI is InChI=1S/C14H17N3O/c1-11-4-3-5-13(8-11)16-14(18)9-12(2)17-7-6-15-10-17/h3-8,10,12H,9H2,1-2H3,(H,16,18). The molecule has 0 aliphatic heterocycles. The number of aromatic nitrogens is 2. The van der Waals surface area contributed by atoms with Crippen molar-refractivity contribution in [2.24, 2.45) is 0 Å². The van der Waals surface area contributed by atoms with Crippen LogP contribution >= 0.6 is 0 Å². The minimum Gasteiger partial charge on any atom is -0.334 e. The lowest BCUT2D eigenvalue weighted by Crippen LogP contribution is -2.16. The third kappa shape index (κ3) is 3.20. The maximum atomic E-state index is 11.9. The van der Waals surface area contributed by atoms with Gasteiger partial charge in [-0.05, 0) is 31.5 Å². The van der Waals surface area contributed by atoms with Gasteiger partial charge < -0.3 is 9.88 Å². The molecule has 18 heavy (non-hydrogen) atoms. The van der Waals surface area contributed by atoms with Crippen molar-refractivity contribution in [2.75, 3.05) is 5.32 Å². The average molecular weight is 243 g/mol. The number of hydrogen-bond acceptors (Lipinski definition) is 2. The normalized spacial score (nSPS) is 12.1. The molecule has 1 aromatic heterocycles. The van der Waals surface area contributed by atoms with Crippen LogP contribution in [0.4, 0.5) is 5.69 Å². The van der Waals surface area contributed by atoms with E-state index in [1.54, 1.807) is 12.5 Å². The van der Waals surface area contributed by atoms with Crippen LogP contribution in [0.5, 0.6) is 0 Å². The summed E-state index contributed by atoms with van der Waals surface area (Å²) in [7, 11) is 0. The molecule has 0 saturated heterocycles. The molecule has 94 valence electrons. The molecule has 1 amide bonds. The van der Waals surface area contributed by atoms with Gasteiger partial charge >= 0.3 is 0 Å². The number of rotatable bonds is 4. The zero-order chi connectivity index (χ0) is 13.0. The Labute approximate surface area is 107 Å². The molecule has 0 saturated carbocycles. The minimum atomic E-state index is 0.0156. The van der Waals surface area contributed by atoms with Crippen molar-refractivity contribution >= 4 is 11.6 Å². The summed E-state index contributed by atoms with van der Waals surface area (Å²) in [6, 6.07) is 7.90. The monoisotopic (exact) mass is 243 g/mol. The Bertz CT molecular complexity index is 520. The molecule has 0 radical (unpaired) electrons. The molecule has 0 fully saturated rings. The van der Waals surface area contributed by atoms with Crippen molar-refractivity contribution in [3.05, 3.63) is 48.5 Å². The Morgan fingerprint density at radius 1 is 1.50 bits per heavy atom. The Morgan fingerprint density at radius 3 is 3.00 bits per heavy atom. The molecule has 0 aliphatic carbocycles. The molecule has 1 atom stereocenters. The van der Waals surface area contributed by atoms with E-state index in [1.165, 1.54) is 0 Å². The van der Waals surface area contributed by atoms with Crippen molar-refractivity contribution in [3.8, 4) is 0 Å². The SMILES string of the molecule is Cc1cccc(NC(=O)CC(C)n2ccnc2)c1. The number of anilines is 1. The van der Waals surface area contributed by atoms with Gasteiger partial charge in [-0.3, -0.25) is 4.79 Å². The molecule has 1 aromatic carbocycles. The number of nitrogens with one attached hydrogen (secondary N) is 1. The van der Waals surface area contributed by atoms with Crippen LogP contribution in [0.1, 0.15) is 24.9 Å². The van der Waals surface area contributed by atoms with Gasteiger partial charge in [-0.1, -0.05) is 12.1 Å². The smallest absolute Gasteiger partial charge is 0.226 e. The van der Waals surface area contributed by atoms with Gasteiger partial charge in [0.15, 0.2) is 0 Å². The summed E-state index contributed by atoms with van der Waals surface area (Å²) in [5.74, 6) is 0.0156. The third-order valence-electron chi connectivity index (χ3n) is 2.82. The first-order valence-corrected chi connectivity index (χ1v) is 5.99. The van der Waals surface area contributed by atoms with Crippen molar-refractivity contribution in [1.29, 1.82) is 0 Å². The molecule has 1 heterocycles. The maximum absolute atomic E-state index is 11.9. The number of benzene rings is 1. The van der Waals surface area contributed by atoms with Crippen LogP contribution < -0.4 is 5.32 Å². The molecule has 4 heteroatoms. The second-order valence-electron chi connectivity index (χ2n) is 4.48. The molecular formula is C14H17N3O. The average Bonchev–Trinajstić information content (AvgIpc) is 2.81. The van der Waals surface area contributed by atoms with Crippen LogP contribution in [0, 0.1) is 6.92 Å². The lowest BCUT2D eigenvalue weighted by molar-refractivity contribution is -0.116. The van der Waals surface area contributed by atoms with E-state index in [1.807, 2.05) is 48.9 Å². The van der Waals surface area contributed by atoms with Crippen LogP contribution in [-0.2, 0) is 4.79 Å². The van der Waals surface area contributed by atoms with Gasteiger partial charge in [0, 0.05) is 30.5 Å². The first-order chi connectivity index (χ1) is 8.65. The molecule has 0 spiro atoms. The van der Waals surface area contributed by atoms with E-state index >= 15 is 0 Å². The Kier molecular flexibility index (Phi) is 3.77. The van der Waals surface area contributed by atoms with E-state index in [4.69, 9.17) is 0 Å². The zero-order valence-corrected chi connectivity index (χ0v) is 10.6. The summed E-state index contributed by atoms with van der Waals surface area (Å²) < 4.78 is 1.93. The van der Waals surface area contributed by atoms with Crippen LogP contribution in [0.3, 0.4) is 0 Å². The van der Waals surface area contributed by atoms with Crippen molar-refractivity contribution < 1.29 is 4.79 Å². The van der Waals surface area contributed by atoms with Crippen LogP contribution in [0.25, 0.3) is 0 Å². The van der Waals surface area contributed by atoms with E-state index in [0.717, 1.165) is 11.3 Å². The van der Waals surface area contributed by atoms with E-state index in [-0.39, 0.29) is 11.9 Å². The summed E-state index contributed by atoms with van der Waals surface area (Å²) in [6.45, 7) is 4.00. The lowest BCUT2D eigenvalue weighted by Gasteiger charge is -2.13. The van der Waals surface area contributed by atoms with Gasteiger partial charge in [-0.25, -0.2) is 4.98 Å². The summed E-state index contributed by atoms with van der Waals surface area (Å²) in [6.07, 6.45) is 5.74. The summed E-state index contributed by atoms with van der Waals surface area (Å²) in [4.78, 5) is 15.9. The van der Waals surface area contributed by atoms with Crippen LogP contribution in [-0.4, -0.2) is 15.5 Å². The number of nitrogens with zero attached hydrogens (tertiary/aromatic N) is 2. The fourth-order valence-electron chi connectivity index (χ4n) is 1.84. The van der Waals surface area contributed by atoms with Crippen LogP contribution in [0.15, 0.2) is 43.0 Å². The quantitative estimate of drug-likeness (QED) is 0.897. The first kappa shape index (κ1) is 12.4. The number of hydrogen-bond donors (Lipinski definition) is 1. The first-order valence-electron chi connectivity index (χ1n) is 5.99. The van der Waals surface area contributed by atoms with E-state index in [0.29, 0.717) is 6.42 Å². The van der Waals surface area contributed by atoms with E-state index in [2.05, 4.69) is 10.3 Å². The van der Waals surface area contributed by atoms with Crippen molar-refractivity contribution in [1.82, 2.24) is 9.55 Å². The molecule has 4 nitrogen and oxygen atoms in total. The largest absolute Gasteiger partial charge is 0.334 e. The summed E-state index contributed by atoms with van der Waals surface area (Å²) in [5.41, 5.74) is 1.98. The fourth-order valence-corrected chi connectivity index (χ4v) is 1.84. The number of carbonyl (C=O) groups is 1. The molecule has 0 aliphatic rings. The molecular weight excluding hydrogens is 226 g/mol. The van der Waals surface area contributed by atoms with Gasteiger partial charge in [0.25, 0.3) is 0 Å². The second kappa shape index (κ2) is 5.49. The van der Waals surface area contributed by atoms with Gasteiger partial charge in [0.2, 0.25) is 5.91 Å². The lowest BCUT2D eigenvalue weighted by atomic mass is 10.2. The zero-order valence-electron chi connectivity index (χ0n) is 10.6. The Morgan fingerprint density at radius 2 is 2.33 bits per heavy atom. The van der Waals surface area contributed by atoms with Gasteiger partial charge in [-0.2, -0.15) is 0 Å². The highest BCUT2D eigenvalue weighted by Crippen LogP contribution is 2.13.